The summed E-state index contributed by atoms with van der Waals surface area (Å²) >= 11 is 1.61. The monoisotopic (exact) mass is 209 g/mol. The van der Waals surface area contributed by atoms with Crippen LogP contribution in [0.3, 0.4) is 0 Å². The molecule has 0 aliphatic heterocycles. The van der Waals surface area contributed by atoms with Crippen LogP contribution in [0.4, 0.5) is 0 Å². The van der Waals surface area contributed by atoms with Crippen molar-refractivity contribution in [3.05, 3.63) is 39.9 Å². The molecule has 0 fully saturated rings. The van der Waals surface area contributed by atoms with Crippen LogP contribution >= 0.6 is 11.3 Å². The minimum absolute atomic E-state index is 0.114. The highest BCUT2D eigenvalue weighted by molar-refractivity contribution is 7.09. The lowest BCUT2D eigenvalue weighted by Crippen LogP contribution is -1.91. The lowest BCUT2D eigenvalue weighted by molar-refractivity contribution is 0.0652. The van der Waals surface area contributed by atoms with E-state index in [9.17, 15) is 4.79 Å². The molecule has 0 aromatic carbocycles. The fraction of sp³-hybridized carbons (Fsp3) is 0.111. The van der Waals surface area contributed by atoms with Crippen molar-refractivity contribution in [2.45, 2.75) is 6.42 Å². The summed E-state index contributed by atoms with van der Waals surface area (Å²) in [7, 11) is 0. The summed E-state index contributed by atoms with van der Waals surface area (Å²) < 4.78 is 4.63. The molecule has 5 heteroatoms. The Morgan fingerprint density at radius 3 is 3.07 bits per heavy atom. The SMILES string of the molecule is O=C(O)c1cc(Cc2cccs2)no1. The van der Waals surface area contributed by atoms with E-state index in [0.717, 1.165) is 4.88 Å². The highest BCUT2D eigenvalue weighted by atomic mass is 32.1. The molecule has 4 nitrogen and oxygen atoms in total. The van der Waals surface area contributed by atoms with E-state index in [1.807, 2.05) is 17.5 Å². The van der Waals surface area contributed by atoms with E-state index < -0.39 is 5.97 Å². The molecule has 2 heterocycles. The van der Waals surface area contributed by atoms with E-state index in [1.165, 1.54) is 6.07 Å². The van der Waals surface area contributed by atoms with Gasteiger partial charge in [0.05, 0.1) is 5.69 Å². The van der Waals surface area contributed by atoms with Crippen molar-refractivity contribution in [2.75, 3.05) is 0 Å². The average Bonchev–Trinajstić information content (AvgIpc) is 2.75. The van der Waals surface area contributed by atoms with Crippen molar-refractivity contribution in [1.82, 2.24) is 5.16 Å². The summed E-state index contributed by atoms with van der Waals surface area (Å²) in [6, 6.07) is 5.36. The fourth-order valence-corrected chi connectivity index (χ4v) is 1.81. The van der Waals surface area contributed by atoms with Gasteiger partial charge >= 0.3 is 5.97 Å². The molecule has 2 aromatic heterocycles. The van der Waals surface area contributed by atoms with Gasteiger partial charge in [0.25, 0.3) is 0 Å². The standard InChI is InChI=1S/C9H7NO3S/c11-9(12)8-5-6(10-13-8)4-7-2-1-3-14-7/h1-3,5H,4H2,(H,11,12). The third-order valence-corrected chi connectivity index (χ3v) is 2.58. The van der Waals surface area contributed by atoms with Crippen LogP contribution < -0.4 is 0 Å². The zero-order valence-electron chi connectivity index (χ0n) is 7.14. The molecule has 2 aromatic rings. The molecule has 0 bridgehead atoms. The average molecular weight is 209 g/mol. The molecule has 2 rings (SSSR count). The molecule has 0 aliphatic rings. The zero-order valence-corrected chi connectivity index (χ0v) is 7.95. The number of carboxylic acid groups (broad SMARTS) is 1. The largest absolute Gasteiger partial charge is 0.475 e. The van der Waals surface area contributed by atoms with Gasteiger partial charge in [-0.05, 0) is 11.4 Å². The van der Waals surface area contributed by atoms with Crippen LogP contribution in [-0.2, 0) is 6.42 Å². The molecule has 0 saturated heterocycles. The van der Waals surface area contributed by atoms with Crippen molar-refractivity contribution >= 4 is 17.3 Å². The number of hydrogen-bond donors (Lipinski definition) is 1. The number of aromatic carboxylic acids is 1. The van der Waals surface area contributed by atoms with Gasteiger partial charge in [0, 0.05) is 17.4 Å². The van der Waals surface area contributed by atoms with Gasteiger partial charge in [0.15, 0.2) is 0 Å². The van der Waals surface area contributed by atoms with Crippen molar-refractivity contribution in [1.29, 1.82) is 0 Å². The molecule has 0 aliphatic carbocycles. The number of nitrogens with zero attached hydrogens (tertiary/aromatic N) is 1. The van der Waals surface area contributed by atoms with Crippen LogP contribution in [0.2, 0.25) is 0 Å². The first-order valence-electron chi connectivity index (χ1n) is 3.97. The molecule has 72 valence electrons. The Morgan fingerprint density at radius 1 is 1.64 bits per heavy atom. The Labute approximate surface area is 83.8 Å². The number of thiophene rings is 1. The van der Waals surface area contributed by atoms with Crippen molar-refractivity contribution in [3.63, 3.8) is 0 Å². The first kappa shape index (κ1) is 8.96. The summed E-state index contributed by atoms with van der Waals surface area (Å²) in [5, 5.41) is 14.2. The van der Waals surface area contributed by atoms with E-state index in [4.69, 9.17) is 5.11 Å². The second-order valence-electron chi connectivity index (χ2n) is 2.74. The van der Waals surface area contributed by atoms with Gasteiger partial charge in [-0.1, -0.05) is 11.2 Å². The van der Waals surface area contributed by atoms with Gasteiger partial charge in [0.2, 0.25) is 5.76 Å². The molecule has 0 radical (unpaired) electrons. The van der Waals surface area contributed by atoms with Crippen LogP contribution in [0.5, 0.6) is 0 Å². The number of hydrogen-bond acceptors (Lipinski definition) is 4. The number of carboxylic acids is 1. The summed E-state index contributed by atoms with van der Waals surface area (Å²) in [6.07, 6.45) is 0.619. The third kappa shape index (κ3) is 1.82. The summed E-state index contributed by atoms with van der Waals surface area (Å²) in [5.74, 6) is -1.20. The predicted octanol–water partition coefficient (Wildman–Crippen LogP) is 2.03. The Balaban J connectivity index is 2.14. The summed E-state index contributed by atoms with van der Waals surface area (Å²) in [5.41, 5.74) is 0.643. The first-order chi connectivity index (χ1) is 6.75. The first-order valence-corrected chi connectivity index (χ1v) is 4.85. The molecular formula is C9H7NO3S. The van der Waals surface area contributed by atoms with Gasteiger partial charge in [0.1, 0.15) is 0 Å². The number of rotatable bonds is 3. The quantitative estimate of drug-likeness (QED) is 0.840. The minimum atomic E-state index is -1.09. The normalized spacial score (nSPS) is 10.3. The van der Waals surface area contributed by atoms with Gasteiger partial charge in [-0.3, -0.25) is 0 Å². The van der Waals surface area contributed by atoms with Crippen LogP contribution in [-0.4, -0.2) is 16.2 Å². The fourth-order valence-electron chi connectivity index (χ4n) is 1.09. The Morgan fingerprint density at radius 2 is 2.50 bits per heavy atom. The smallest absolute Gasteiger partial charge is 0.374 e. The van der Waals surface area contributed by atoms with E-state index in [2.05, 4.69) is 9.68 Å². The molecular weight excluding hydrogens is 202 g/mol. The Hall–Kier alpha value is -1.62. The lowest BCUT2D eigenvalue weighted by atomic mass is 10.2. The summed E-state index contributed by atoms with van der Waals surface area (Å²) in [6.45, 7) is 0. The molecule has 0 atom stereocenters. The van der Waals surface area contributed by atoms with Crippen LogP contribution in [0.15, 0.2) is 28.1 Å². The highest BCUT2D eigenvalue weighted by Gasteiger charge is 2.11. The third-order valence-electron chi connectivity index (χ3n) is 1.71. The van der Waals surface area contributed by atoms with Gasteiger partial charge in [-0.15, -0.1) is 11.3 Å². The maximum Gasteiger partial charge on any atom is 0.374 e. The highest BCUT2D eigenvalue weighted by Crippen LogP contribution is 2.14. The number of carbonyl (C=O) groups is 1. The van der Waals surface area contributed by atoms with Gasteiger partial charge in [-0.2, -0.15) is 0 Å². The van der Waals surface area contributed by atoms with Crippen molar-refractivity contribution in [3.8, 4) is 0 Å². The van der Waals surface area contributed by atoms with Crippen molar-refractivity contribution < 1.29 is 14.4 Å². The predicted molar refractivity (Wildman–Crippen MR) is 50.6 cm³/mol. The number of aromatic nitrogens is 1. The second-order valence-corrected chi connectivity index (χ2v) is 3.78. The maximum absolute atomic E-state index is 10.5. The molecule has 1 N–H and O–H groups in total. The molecule has 14 heavy (non-hydrogen) atoms. The van der Waals surface area contributed by atoms with E-state index in [-0.39, 0.29) is 5.76 Å². The molecule has 0 unspecified atom stereocenters. The Kier molecular flexibility index (Phi) is 2.32. The van der Waals surface area contributed by atoms with Crippen LogP contribution in [0, 0.1) is 0 Å². The van der Waals surface area contributed by atoms with Crippen LogP contribution in [0.25, 0.3) is 0 Å². The van der Waals surface area contributed by atoms with Crippen LogP contribution in [0.1, 0.15) is 21.1 Å². The maximum atomic E-state index is 10.5. The molecule has 0 spiro atoms. The van der Waals surface area contributed by atoms with Crippen molar-refractivity contribution in [2.24, 2.45) is 0 Å². The van der Waals surface area contributed by atoms with Gasteiger partial charge < -0.3 is 9.63 Å². The molecule has 0 amide bonds. The Bertz CT molecular complexity index is 433. The summed E-state index contributed by atoms with van der Waals surface area (Å²) in [4.78, 5) is 11.6. The van der Waals surface area contributed by atoms with E-state index in [0.29, 0.717) is 12.1 Å². The lowest BCUT2D eigenvalue weighted by Gasteiger charge is -1.87. The topological polar surface area (TPSA) is 63.3 Å². The second kappa shape index (κ2) is 3.63. The van der Waals surface area contributed by atoms with Gasteiger partial charge in [-0.25, -0.2) is 4.79 Å². The van der Waals surface area contributed by atoms with E-state index >= 15 is 0 Å². The minimum Gasteiger partial charge on any atom is -0.475 e. The molecule has 0 saturated carbocycles. The zero-order chi connectivity index (χ0) is 9.97. The van der Waals surface area contributed by atoms with E-state index in [1.54, 1.807) is 11.3 Å².